The molecule has 1 aromatic rings. The number of nitrogens with one attached hydrogen (secondary N) is 1. The van der Waals surface area contributed by atoms with Crippen molar-refractivity contribution in [3.63, 3.8) is 0 Å². The molecule has 1 aromatic carbocycles. The van der Waals surface area contributed by atoms with Crippen LogP contribution in [0.3, 0.4) is 0 Å². The zero-order chi connectivity index (χ0) is 19.0. The minimum absolute atomic E-state index is 0. The standard InChI is InChI=1S/C14H13F9N2.2ClH/c15-12(16,17)8-1-2-9(10(7-8)13(18,19)20)11(14(21,22)23)25-5-3-24-4-6-25;;/h1-2,7,11,24H,3-6H2;2*1H/t11-;;/m0../s1. The van der Waals surface area contributed by atoms with Gasteiger partial charge in [-0.1, -0.05) is 6.07 Å². The molecule has 1 heterocycles. The Labute approximate surface area is 160 Å². The van der Waals surface area contributed by atoms with Gasteiger partial charge in [0.1, 0.15) is 6.04 Å². The molecule has 0 saturated carbocycles. The van der Waals surface area contributed by atoms with Crippen molar-refractivity contribution in [3.05, 3.63) is 34.9 Å². The molecule has 1 aliphatic heterocycles. The van der Waals surface area contributed by atoms with Gasteiger partial charge in [0, 0.05) is 26.2 Å². The third-order valence-corrected chi connectivity index (χ3v) is 3.81. The summed E-state index contributed by atoms with van der Waals surface area (Å²) < 4.78 is 118. The molecule has 1 fully saturated rings. The highest BCUT2D eigenvalue weighted by Gasteiger charge is 2.49. The lowest BCUT2D eigenvalue weighted by atomic mass is 9.95. The van der Waals surface area contributed by atoms with Crippen LogP contribution in [0.5, 0.6) is 0 Å². The first-order valence-electron chi connectivity index (χ1n) is 7.11. The number of halogens is 11. The molecule has 0 unspecified atom stereocenters. The highest BCUT2D eigenvalue weighted by Crippen LogP contribution is 2.45. The van der Waals surface area contributed by atoms with Crippen molar-refractivity contribution in [2.45, 2.75) is 24.6 Å². The van der Waals surface area contributed by atoms with E-state index in [0.717, 1.165) is 4.90 Å². The van der Waals surface area contributed by atoms with E-state index in [2.05, 4.69) is 5.32 Å². The van der Waals surface area contributed by atoms with Crippen molar-refractivity contribution in [1.82, 2.24) is 10.2 Å². The Hall–Kier alpha value is -0.910. The maximum atomic E-state index is 13.4. The minimum Gasteiger partial charge on any atom is -0.314 e. The van der Waals surface area contributed by atoms with E-state index in [0.29, 0.717) is 0 Å². The van der Waals surface area contributed by atoms with Crippen molar-refractivity contribution in [3.8, 4) is 0 Å². The Bertz CT molecular complexity index is 608. The van der Waals surface area contributed by atoms with E-state index >= 15 is 0 Å². The molecule has 0 spiro atoms. The molecule has 0 bridgehead atoms. The summed E-state index contributed by atoms with van der Waals surface area (Å²) in [6.07, 6.45) is -15.5. The monoisotopic (exact) mass is 452 g/mol. The van der Waals surface area contributed by atoms with Crippen LogP contribution in [-0.4, -0.2) is 37.3 Å². The van der Waals surface area contributed by atoms with Gasteiger partial charge in [-0.05, 0) is 17.7 Å². The molecule has 13 heteroatoms. The van der Waals surface area contributed by atoms with Crippen LogP contribution in [0, 0.1) is 0 Å². The zero-order valence-electron chi connectivity index (χ0n) is 13.3. The SMILES string of the molecule is Cl.Cl.FC(F)(F)c1ccc([C@H](N2CCNCC2)C(F)(F)F)c(C(F)(F)F)c1. The first kappa shape index (κ1) is 26.1. The molecule has 158 valence electrons. The van der Waals surface area contributed by atoms with Gasteiger partial charge in [-0.2, -0.15) is 39.5 Å². The maximum Gasteiger partial charge on any atom is 0.416 e. The van der Waals surface area contributed by atoms with E-state index < -0.39 is 41.3 Å². The molecule has 27 heavy (non-hydrogen) atoms. The number of benzene rings is 1. The summed E-state index contributed by atoms with van der Waals surface area (Å²) in [5.74, 6) is 0. The summed E-state index contributed by atoms with van der Waals surface area (Å²) in [7, 11) is 0. The van der Waals surface area contributed by atoms with Crippen molar-refractivity contribution >= 4 is 24.8 Å². The molecule has 0 radical (unpaired) electrons. The Morgan fingerprint density at radius 1 is 0.815 bits per heavy atom. The fraction of sp³-hybridized carbons (Fsp3) is 0.571. The summed E-state index contributed by atoms with van der Waals surface area (Å²) in [4.78, 5) is 0.786. The van der Waals surface area contributed by atoms with Crippen LogP contribution in [0.15, 0.2) is 18.2 Å². The largest absolute Gasteiger partial charge is 0.416 e. The van der Waals surface area contributed by atoms with Gasteiger partial charge in [0.25, 0.3) is 0 Å². The number of nitrogens with zero attached hydrogens (tertiary/aromatic N) is 1. The van der Waals surface area contributed by atoms with Crippen LogP contribution < -0.4 is 5.32 Å². The summed E-state index contributed by atoms with van der Waals surface area (Å²) >= 11 is 0. The molecule has 0 amide bonds. The number of rotatable bonds is 2. The third-order valence-electron chi connectivity index (χ3n) is 3.81. The maximum absolute atomic E-state index is 13.4. The molecular weight excluding hydrogens is 438 g/mol. The van der Waals surface area contributed by atoms with E-state index in [1.54, 1.807) is 0 Å². The van der Waals surface area contributed by atoms with E-state index in [9.17, 15) is 39.5 Å². The van der Waals surface area contributed by atoms with Gasteiger partial charge in [0.15, 0.2) is 0 Å². The van der Waals surface area contributed by atoms with E-state index in [1.165, 1.54) is 0 Å². The molecule has 2 rings (SSSR count). The van der Waals surface area contributed by atoms with Crippen LogP contribution in [0.2, 0.25) is 0 Å². The van der Waals surface area contributed by atoms with Crippen LogP contribution in [-0.2, 0) is 12.4 Å². The lowest BCUT2D eigenvalue weighted by molar-refractivity contribution is -0.190. The van der Waals surface area contributed by atoms with Gasteiger partial charge in [-0.3, -0.25) is 4.90 Å². The Balaban J connectivity index is 0.00000338. The number of piperazine rings is 1. The fourth-order valence-corrected chi connectivity index (χ4v) is 2.74. The van der Waals surface area contributed by atoms with Crippen molar-refractivity contribution in [1.29, 1.82) is 0 Å². The minimum atomic E-state index is -5.35. The third kappa shape index (κ3) is 6.30. The second-order valence-corrected chi connectivity index (χ2v) is 5.53. The van der Waals surface area contributed by atoms with Gasteiger partial charge < -0.3 is 5.32 Å². The highest BCUT2D eigenvalue weighted by atomic mass is 35.5. The summed E-state index contributed by atoms with van der Waals surface area (Å²) in [5.41, 5.74) is -4.80. The quantitative estimate of drug-likeness (QED) is 0.629. The second kappa shape index (κ2) is 9.06. The van der Waals surface area contributed by atoms with E-state index in [4.69, 9.17) is 0 Å². The van der Waals surface area contributed by atoms with E-state index in [-0.39, 0.29) is 69.2 Å². The lowest BCUT2D eigenvalue weighted by Gasteiger charge is -2.37. The highest BCUT2D eigenvalue weighted by molar-refractivity contribution is 5.85. The first-order valence-corrected chi connectivity index (χ1v) is 7.11. The first-order chi connectivity index (χ1) is 11.3. The molecule has 0 aromatic heterocycles. The predicted octanol–water partition coefficient (Wildman–Crippen LogP) is 5.08. The Kier molecular flexibility index (Phi) is 8.75. The molecule has 0 aliphatic carbocycles. The molecule has 1 N–H and O–H groups in total. The Morgan fingerprint density at radius 3 is 1.74 bits per heavy atom. The molecular formula is C14H15Cl2F9N2. The van der Waals surface area contributed by atoms with Gasteiger partial charge in [0.05, 0.1) is 11.1 Å². The van der Waals surface area contributed by atoms with Crippen LogP contribution >= 0.6 is 24.8 Å². The summed E-state index contributed by atoms with van der Waals surface area (Å²) in [6.45, 7) is -0.0892. The number of hydrogen-bond donors (Lipinski definition) is 1. The van der Waals surface area contributed by atoms with E-state index in [1.807, 2.05) is 0 Å². The summed E-state index contributed by atoms with van der Waals surface area (Å²) in [5, 5.41) is 2.77. The second-order valence-electron chi connectivity index (χ2n) is 5.53. The predicted molar refractivity (Wildman–Crippen MR) is 84.2 cm³/mol. The number of hydrogen-bond acceptors (Lipinski definition) is 2. The topological polar surface area (TPSA) is 15.3 Å². The average Bonchev–Trinajstić information content (AvgIpc) is 2.45. The van der Waals surface area contributed by atoms with Gasteiger partial charge >= 0.3 is 18.5 Å². The van der Waals surface area contributed by atoms with Crippen LogP contribution in [0.4, 0.5) is 39.5 Å². The van der Waals surface area contributed by atoms with Crippen molar-refractivity contribution in [2.75, 3.05) is 26.2 Å². The van der Waals surface area contributed by atoms with Gasteiger partial charge in [-0.15, -0.1) is 24.8 Å². The molecule has 2 nitrogen and oxygen atoms in total. The van der Waals surface area contributed by atoms with Gasteiger partial charge in [0.2, 0.25) is 0 Å². The molecule has 1 aliphatic rings. The zero-order valence-corrected chi connectivity index (χ0v) is 14.9. The fourth-order valence-electron chi connectivity index (χ4n) is 2.74. The summed E-state index contributed by atoms with van der Waals surface area (Å²) in [6, 6.07) is -2.39. The van der Waals surface area contributed by atoms with Crippen molar-refractivity contribution in [2.24, 2.45) is 0 Å². The van der Waals surface area contributed by atoms with Gasteiger partial charge in [-0.25, -0.2) is 0 Å². The van der Waals surface area contributed by atoms with Crippen molar-refractivity contribution < 1.29 is 39.5 Å². The lowest BCUT2D eigenvalue weighted by Crippen LogP contribution is -2.49. The normalized spacial score (nSPS) is 17.7. The van der Waals surface area contributed by atoms with Crippen LogP contribution in [0.25, 0.3) is 0 Å². The Morgan fingerprint density at radius 2 is 1.33 bits per heavy atom. The van der Waals surface area contributed by atoms with Crippen LogP contribution in [0.1, 0.15) is 22.7 Å². The molecule has 1 saturated heterocycles. The molecule has 1 atom stereocenters. The average molecular weight is 453 g/mol. The number of alkyl halides is 9. The smallest absolute Gasteiger partial charge is 0.314 e.